The normalized spacial score (nSPS) is 19.1. The van der Waals surface area contributed by atoms with Crippen molar-refractivity contribution < 1.29 is 38.6 Å². The summed E-state index contributed by atoms with van der Waals surface area (Å²) in [5.41, 5.74) is 0.466. The van der Waals surface area contributed by atoms with Crippen molar-refractivity contribution in [3.05, 3.63) is 29.3 Å². The third-order valence-electron chi connectivity index (χ3n) is 5.54. The van der Waals surface area contributed by atoms with E-state index in [1.54, 1.807) is 32.9 Å². The number of piperidine rings is 1. The second-order valence-corrected chi connectivity index (χ2v) is 9.20. The van der Waals surface area contributed by atoms with Crippen molar-refractivity contribution in [2.45, 2.75) is 45.8 Å². The highest BCUT2D eigenvalue weighted by Crippen LogP contribution is 2.29. The molecule has 2 aliphatic rings. The molecule has 34 heavy (non-hydrogen) atoms. The first-order valence-electron chi connectivity index (χ1n) is 11.0. The predicted molar refractivity (Wildman–Crippen MR) is 119 cm³/mol. The maximum atomic E-state index is 12.8. The van der Waals surface area contributed by atoms with Gasteiger partial charge in [0.2, 0.25) is 11.8 Å². The molecule has 1 saturated heterocycles. The first-order chi connectivity index (χ1) is 16.0. The molecule has 0 saturated carbocycles. The maximum Gasteiger partial charge on any atom is 0.333 e. The number of carbonyl (C=O) groups excluding carboxylic acids is 4. The molecule has 4 amide bonds. The Morgan fingerprint density at radius 3 is 2.50 bits per heavy atom. The Morgan fingerprint density at radius 1 is 1.15 bits per heavy atom. The lowest BCUT2D eigenvalue weighted by Crippen LogP contribution is -2.54. The number of hydrogen-bond acceptors (Lipinski definition) is 8. The number of nitrogens with zero attached hydrogens (tertiary/aromatic N) is 1. The van der Waals surface area contributed by atoms with E-state index >= 15 is 0 Å². The van der Waals surface area contributed by atoms with E-state index in [4.69, 9.17) is 9.47 Å². The van der Waals surface area contributed by atoms with Crippen LogP contribution in [0, 0.1) is 5.41 Å². The first-order valence-corrected chi connectivity index (χ1v) is 11.0. The summed E-state index contributed by atoms with van der Waals surface area (Å²) in [5, 5.41) is 14.5. The average molecular weight is 475 g/mol. The molecule has 11 nitrogen and oxygen atoms in total. The van der Waals surface area contributed by atoms with Gasteiger partial charge in [-0.3, -0.25) is 29.4 Å². The Bertz CT molecular complexity index is 1000. The summed E-state index contributed by atoms with van der Waals surface area (Å²) in [7, 11) is 0. The van der Waals surface area contributed by atoms with Gasteiger partial charge in [0.1, 0.15) is 6.04 Å². The van der Waals surface area contributed by atoms with Crippen molar-refractivity contribution in [1.82, 2.24) is 10.2 Å². The van der Waals surface area contributed by atoms with Gasteiger partial charge in [-0.25, -0.2) is 4.79 Å². The SMILES string of the molecule is CC(C)(C)C(OCCOCCNc1ccc2c(c1)C(=O)N(C1CCC(=O)NC1=O)C2=O)C(=O)O. The van der Waals surface area contributed by atoms with E-state index in [0.29, 0.717) is 18.8 Å². The molecule has 2 unspecified atom stereocenters. The predicted octanol–water partition coefficient (Wildman–Crippen LogP) is 1.03. The molecular weight excluding hydrogens is 446 g/mol. The van der Waals surface area contributed by atoms with E-state index in [0.717, 1.165) is 4.90 Å². The number of carboxylic acids is 1. The van der Waals surface area contributed by atoms with E-state index in [1.807, 2.05) is 0 Å². The Kier molecular flexibility index (Phi) is 7.68. The summed E-state index contributed by atoms with van der Waals surface area (Å²) in [6, 6.07) is 3.72. The molecule has 0 aliphatic carbocycles. The molecule has 1 aromatic rings. The van der Waals surface area contributed by atoms with Crippen molar-refractivity contribution >= 4 is 35.3 Å². The van der Waals surface area contributed by atoms with Gasteiger partial charge in [0.25, 0.3) is 11.8 Å². The third kappa shape index (κ3) is 5.60. The molecule has 0 bridgehead atoms. The minimum Gasteiger partial charge on any atom is -0.479 e. The summed E-state index contributed by atoms with van der Waals surface area (Å²) >= 11 is 0. The van der Waals surface area contributed by atoms with Crippen LogP contribution in [0.25, 0.3) is 0 Å². The van der Waals surface area contributed by atoms with Crippen LogP contribution in [0.4, 0.5) is 5.69 Å². The van der Waals surface area contributed by atoms with Crippen LogP contribution in [-0.2, 0) is 23.9 Å². The maximum absolute atomic E-state index is 12.8. The van der Waals surface area contributed by atoms with Gasteiger partial charge in [-0.05, 0) is 30.0 Å². The smallest absolute Gasteiger partial charge is 0.333 e. The largest absolute Gasteiger partial charge is 0.479 e. The van der Waals surface area contributed by atoms with E-state index in [9.17, 15) is 29.1 Å². The first kappa shape index (κ1) is 25.3. The number of nitrogens with one attached hydrogen (secondary N) is 2. The Hall–Kier alpha value is -3.31. The van der Waals surface area contributed by atoms with Crippen LogP contribution in [0.5, 0.6) is 0 Å². The number of rotatable bonds is 10. The summed E-state index contributed by atoms with van der Waals surface area (Å²) in [4.78, 5) is 61.2. The molecule has 0 aromatic heterocycles. The summed E-state index contributed by atoms with van der Waals surface area (Å²) in [6.45, 7) is 6.43. The lowest BCUT2D eigenvalue weighted by atomic mass is 9.89. The Labute approximate surface area is 196 Å². The number of benzene rings is 1. The molecule has 3 N–H and O–H groups in total. The van der Waals surface area contributed by atoms with Crippen LogP contribution >= 0.6 is 0 Å². The number of hydrogen-bond donors (Lipinski definition) is 3. The third-order valence-corrected chi connectivity index (χ3v) is 5.54. The van der Waals surface area contributed by atoms with E-state index in [2.05, 4.69) is 10.6 Å². The minimum atomic E-state index is -1.02. The fourth-order valence-corrected chi connectivity index (χ4v) is 3.87. The van der Waals surface area contributed by atoms with Gasteiger partial charge in [0.15, 0.2) is 6.10 Å². The quantitative estimate of drug-likeness (QED) is 0.333. The minimum absolute atomic E-state index is 0.0643. The summed E-state index contributed by atoms with van der Waals surface area (Å²) in [6.07, 6.45) is -0.763. The number of carboxylic acid groups (broad SMARTS) is 1. The van der Waals surface area contributed by atoms with Crippen molar-refractivity contribution in [3.8, 4) is 0 Å². The lowest BCUT2D eigenvalue weighted by molar-refractivity contribution is -0.159. The van der Waals surface area contributed by atoms with Gasteiger partial charge in [0.05, 0.1) is 30.9 Å². The zero-order valence-electron chi connectivity index (χ0n) is 19.4. The van der Waals surface area contributed by atoms with Crippen molar-refractivity contribution in [2.75, 3.05) is 31.7 Å². The highest BCUT2D eigenvalue weighted by atomic mass is 16.5. The molecule has 0 radical (unpaired) electrons. The number of carbonyl (C=O) groups is 5. The van der Waals surface area contributed by atoms with Crippen LogP contribution < -0.4 is 10.6 Å². The van der Waals surface area contributed by atoms with Crippen molar-refractivity contribution in [2.24, 2.45) is 5.41 Å². The fourth-order valence-electron chi connectivity index (χ4n) is 3.87. The summed E-state index contributed by atoms with van der Waals surface area (Å²) in [5.74, 6) is -3.22. The van der Waals surface area contributed by atoms with E-state index in [1.165, 1.54) is 6.07 Å². The summed E-state index contributed by atoms with van der Waals surface area (Å²) < 4.78 is 10.9. The van der Waals surface area contributed by atoms with Gasteiger partial charge in [-0.1, -0.05) is 20.8 Å². The second-order valence-electron chi connectivity index (χ2n) is 9.20. The Balaban J connectivity index is 1.48. The van der Waals surface area contributed by atoms with E-state index in [-0.39, 0.29) is 37.2 Å². The molecule has 2 aliphatic heterocycles. The number of amides is 4. The number of ether oxygens (including phenoxy) is 2. The van der Waals surface area contributed by atoms with Gasteiger partial charge < -0.3 is 19.9 Å². The fraction of sp³-hybridized carbons (Fsp3) is 0.522. The highest BCUT2D eigenvalue weighted by molar-refractivity contribution is 6.23. The van der Waals surface area contributed by atoms with Gasteiger partial charge >= 0.3 is 5.97 Å². The van der Waals surface area contributed by atoms with Crippen LogP contribution in [0.15, 0.2) is 18.2 Å². The number of anilines is 1. The van der Waals surface area contributed by atoms with Crippen LogP contribution in [0.3, 0.4) is 0 Å². The molecule has 2 heterocycles. The second kappa shape index (κ2) is 10.3. The molecule has 184 valence electrons. The van der Waals surface area contributed by atoms with Crippen LogP contribution in [0.1, 0.15) is 54.3 Å². The van der Waals surface area contributed by atoms with E-state index < -0.39 is 47.2 Å². The van der Waals surface area contributed by atoms with Gasteiger partial charge in [-0.2, -0.15) is 0 Å². The standard InChI is InChI=1S/C23H29N3O8/c1-23(2,3)18(22(31)32)34-11-10-33-9-8-24-13-4-5-14-15(12-13)21(30)26(20(14)29)16-6-7-17(27)25-19(16)28/h4-5,12,16,18,24H,6-11H2,1-3H3,(H,31,32)(H,25,27,28). The van der Waals surface area contributed by atoms with Crippen molar-refractivity contribution in [3.63, 3.8) is 0 Å². The zero-order valence-corrected chi connectivity index (χ0v) is 19.4. The van der Waals surface area contributed by atoms with Crippen molar-refractivity contribution in [1.29, 1.82) is 0 Å². The number of fused-ring (bicyclic) bond motifs is 1. The van der Waals surface area contributed by atoms with Crippen LogP contribution in [0.2, 0.25) is 0 Å². The average Bonchev–Trinajstić information content (AvgIpc) is 2.99. The molecular formula is C23H29N3O8. The molecule has 0 spiro atoms. The van der Waals surface area contributed by atoms with Gasteiger partial charge in [0, 0.05) is 18.7 Å². The lowest BCUT2D eigenvalue weighted by Gasteiger charge is -2.27. The van der Waals surface area contributed by atoms with Gasteiger partial charge in [-0.15, -0.1) is 0 Å². The molecule has 1 fully saturated rings. The monoisotopic (exact) mass is 475 g/mol. The number of aliphatic carboxylic acids is 1. The number of imide groups is 2. The zero-order chi connectivity index (χ0) is 25.0. The van der Waals surface area contributed by atoms with Crippen LogP contribution in [-0.4, -0.2) is 78.1 Å². The molecule has 1 aromatic carbocycles. The molecule has 3 rings (SSSR count). The Morgan fingerprint density at radius 2 is 1.85 bits per heavy atom. The topological polar surface area (TPSA) is 151 Å². The molecule has 11 heteroatoms. The highest BCUT2D eigenvalue weighted by Gasteiger charge is 2.44. The molecule has 2 atom stereocenters.